The van der Waals surface area contributed by atoms with Gasteiger partial charge in [-0.05, 0) is 23.8 Å². The summed E-state index contributed by atoms with van der Waals surface area (Å²) >= 11 is 0. The second-order valence-corrected chi connectivity index (χ2v) is 3.41. The van der Waals surface area contributed by atoms with Gasteiger partial charge in [0.15, 0.2) is 0 Å². The highest BCUT2D eigenvalue weighted by Crippen LogP contribution is 2.23. The van der Waals surface area contributed by atoms with Crippen LogP contribution in [0.25, 0.3) is 11.0 Å². The molecule has 0 saturated carbocycles. The average molecular weight is 208 g/mol. The second kappa shape index (κ2) is 4.02. The Labute approximate surface area is 86.4 Å². The lowest BCUT2D eigenvalue weighted by atomic mass is 10.0. The van der Waals surface area contributed by atoms with E-state index < -0.39 is 18.8 Å². The first-order valence-electron chi connectivity index (χ1n) is 4.66. The van der Waals surface area contributed by atoms with Crippen molar-refractivity contribution in [3.8, 4) is 0 Å². The summed E-state index contributed by atoms with van der Waals surface area (Å²) in [5.41, 5.74) is 1.29. The number of rotatable bonds is 3. The maximum Gasteiger partial charge on any atom is 0.133 e. The summed E-state index contributed by atoms with van der Waals surface area (Å²) in [7, 11) is 0. The Hall–Kier alpha value is -1.36. The molecule has 2 rings (SSSR count). The number of aliphatic hydroxyl groups is 3. The Kier molecular flexibility index (Phi) is 2.73. The van der Waals surface area contributed by atoms with E-state index in [2.05, 4.69) is 0 Å². The Bertz CT molecular complexity index is 449. The second-order valence-electron chi connectivity index (χ2n) is 3.41. The van der Waals surface area contributed by atoms with E-state index in [9.17, 15) is 10.2 Å². The van der Waals surface area contributed by atoms with E-state index in [-0.39, 0.29) is 0 Å². The van der Waals surface area contributed by atoms with Crippen molar-refractivity contribution in [3.63, 3.8) is 0 Å². The molecule has 80 valence electrons. The van der Waals surface area contributed by atoms with Gasteiger partial charge in [0.1, 0.15) is 17.8 Å². The quantitative estimate of drug-likeness (QED) is 0.698. The fraction of sp³-hybridized carbons (Fsp3) is 0.273. The van der Waals surface area contributed by atoms with Crippen LogP contribution >= 0.6 is 0 Å². The van der Waals surface area contributed by atoms with Crippen molar-refractivity contribution in [3.05, 3.63) is 36.1 Å². The first kappa shape index (κ1) is 10.2. The van der Waals surface area contributed by atoms with Gasteiger partial charge in [0.2, 0.25) is 0 Å². The van der Waals surface area contributed by atoms with E-state index in [1.807, 2.05) is 0 Å². The summed E-state index contributed by atoms with van der Waals surface area (Å²) in [6.45, 7) is -0.468. The third-order valence-electron chi connectivity index (χ3n) is 2.37. The van der Waals surface area contributed by atoms with Gasteiger partial charge in [-0.3, -0.25) is 0 Å². The van der Waals surface area contributed by atoms with Gasteiger partial charge in [0.05, 0.1) is 12.9 Å². The van der Waals surface area contributed by atoms with E-state index in [1.54, 1.807) is 30.5 Å². The molecule has 4 nitrogen and oxygen atoms in total. The maximum atomic E-state index is 9.65. The van der Waals surface area contributed by atoms with E-state index in [1.165, 1.54) is 0 Å². The van der Waals surface area contributed by atoms with Crippen molar-refractivity contribution in [2.24, 2.45) is 0 Å². The molecule has 1 heterocycles. The molecule has 2 unspecified atom stereocenters. The Morgan fingerprint density at radius 1 is 1.20 bits per heavy atom. The summed E-state index contributed by atoms with van der Waals surface area (Å²) in [5.74, 6) is 0. The van der Waals surface area contributed by atoms with Crippen LogP contribution < -0.4 is 0 Å². The highest BCUT2D eigenvalue weighted by molar-refractivity contribution is 5.77. The summed E-state index contributed by atoms with van der Waals surface area (Å²) in [6.07, 6.45) is -0.674. The number of fused-ring (bicyclic) bond motifs is 1. The maximum absolute atomic E-state index is 9.65. The van der Waals surface area contributed by atoms with Gasteiger partial charge >= 0.3 is 0 Å². The zero-order chi connectivity index (χ0) is 10.8. The van der Waals surface area contributed by atoms with Gasteiger partial charge in [-0.2, -0.15) is 0 Å². The van der Waals surface area contributed by atoms with Crippen molar-refractivity contribution in [1.82, 2.24) is 0 Å². The first-order valence-corrected chi connectivity index (χ1v) is 4.66. The smallest absolute Gasteiger partial charge is 0.133 e. The van der Waals surface area contributed by atoms with Crippen LogP contribution in [0.2, 0.25) is 0 Å². The van der Waals surface area contributed by atoms with Gasteiger partial charge in [0.25, 0.3) is 0 Å². The number of aliphatic hydroxyl groups excluding tert-OH is 3. The lowest BCUT2D eigenvalue weighted by Crippen LogP contribution is -2.21. The minimum absolute atomic E-state index is 0.468. The van der Waals surface area contributed by atoms with Gasteiger partial charge in [-0.25, -0.2) is 0 Å². The number of furan rings is 1. The normalized spacial score (nSPS) is 15.4. The van der Waals surface area contributed by atoms with Crippen LogP contribution in [0.15, 0.2) is 34.9 Å². The van der Waals surface area contributed by atoms with Crippen molar-refractivity contribution >= 4 is 11.0 Å². The molecule has 2 aromatic rings. The van der Waals surface area contributed by atoms with Crippen LogP contribution in [-0.4, -0.2) is 28.0 Å². The molecule has 0 aliphatic carbocycles. The fourth-order valence-electron chi connectivity index (χ4n) is 1.49. The molecule has 4 heteroatoms. The molecule has 0 spiro atoms. The molecule has 1 aromatic carbocycles. The third-order valence-corrected chi connectivity index (χ3v) is 2.37. The Morgan fingerprint density at radius 2 is 2.00 bits per heavy atom. The van der Waals surface area contributed by atoms with E-state index in [0.717, 1.165) is 11.0 Å². The monoisotopic (exact) mass is 208 g/mol. The first-order chi connectivity index (χ1) is 7.22. The van der Waals surface area contributed by atoms with Crippen LogP contribution in [0.5, 0.6) is 0 Å². The number of benzene rings is 1. The molecule has 2 atom stereocenters. The van der Waals surface area contributed by atoms with Crippen molar-refractivity contribution in [2.75, 3.05) is 6.61 Å². The van der Waals surface area contributed by atoms with E-state index in [0.29, 0.717) is 5.56 Å². The lowest BCUT2D eigenvalue weighted by molar-refractivity contribution is -0.0152. The predicted molar refractivity (Wildman–Crippen MR) is 54.3 cm³/mol. The molecule has 0 bridgehead atoms. The standard InChI is InChI=1S/C11H12O4/c12-6-9(13)11(14)8-1-2-10-7(5-8)3-4-15-10/h1-5,9,11-14H,6H2. The topological polar surface area (TPSA) is 73.8 Å². The highest BCUT2D eigenvalue weighted by atomic mass is 16.4. The van der Waals surface area contributed by atoms with Crippen molar-refractivity contribution < 1.29 is 19.7 Å². The van der Waals surface area contributed by atoms with Gasteiger partial charge < -0.3 is 19.7 Å². The summed E-state index contributed by atoms with van der Waals surface area (Å²) in [6, 6.07) is 6.88. The largest absolute Gasteiger partial charge is 0.464 e. The van der Waals surface area contributed by atoms with Crippen molar-refractivity contribution in [1.29, 1.82) is 0 Å². The average Bonchev–Trinajstić information content (AvgIpc) is 2.73. The summed E-state index contributed by atoms with van der Waals surface area (Å²) < 4.78 is 5.15. The van der Waals surface area contributed by atoms with Crippen LogP contribution in [0.3, 0.4) is 0 Å². The predicted octanol–water partition coefficient (Wildman–Crippen LogP) is 0.819. The molecule has 0 aliphatic rings. The Balaban J connectivity index is 2.35. The highest BCUT2D eigenvalue weighted by Gasteiger charge is 2.17. The zero-order valence-electron chi connectivity index (χ0n) is 8.00. The zero-order valence-corrected chi connectivity index (χ0v) is 8.00. The third kappa shape index (κ3) is 1.87. The molecular formula is C11H12O4. The molecule has 0 radical (unpaired) electrons. The van der Waals surface area contributed by atoms with Crippen molar-refractivity contribution in [2.45, 2.75) is 12.2 Å². The van der Waals surface area contributed by atoms with E-state index >= 15 is 0 Å². The Morgan fingerprint density at radius 3 is 2.73 bits per heavy atom. The molecule has 0 amide bonds. The number of hydrogen-bond acceptors (Lipinski definition) is 4. The SMILES string of the molecule is OCC(O)C(O)c1ccc2occc2c1. The minimum atomic E-state index is -1.16. The molecular weight excluding hydrogens is 196 g/mol. The molecule has 0 aliphatic heterocycles. The molecule has 3 N–H and O–H groups in total. The summed E-state index contributed by atoms with van der Waals surface area (Å²) in [4.78, 5) is 0. The molecule has 1 aromatic heterocycles. The molecule has 0 fully saturated rings. The van der Waals surface area contributed by atoms with Gasteiger partial charge in [-0.1, -0.05) is 6.07 Å². The van der Waals surface area contributed by atoms with Gasteiger partial charge in [0, 0.05) is 5.39 Å². The van der Waals surface area contributed by atoms with Crippen LogP contribution in [0.1, 0.15) is 11.7 Å². The summed E-state index contributed by atoms with van der Waals surface area (Å²) in [5, 5.41) is 28.5. The van der Waals surface area contributed by atoms with Crippen LogP contribution in [0.4, 0.5) is 0 Å². The van der Waals surface area contributed by atoms with E-state index in [4.69, 9.17) is 9.52 Å². The van der Waals surface area contributed by atoms with Crippen LogP contribution in [0, 0.1) is 0 Å². The van der Waals surface area contributed by atoms with Gasteiger partial charge in [-0.15, -0.1) is 0 Å². The van der Waals surface area contributed by atoms with Crippen LogP contribution in [-0.2, 0) is 0 Å². The molecule has 0 saturated heterocycles. The molecule has 15 heavy (non-hydrogen) atoms. The minimum Gasteiger partial charge on any atom is -0.464 e. The lowest BCUT2D eigenvalue weighted by Gasteiger charge is -2.15. The fourth-order valence-corrected chi connectivity index (χ4v) is 1.49. The number of hydrogen-bond donors (Lipinski definition) is 3.